The number of carboxylic acid groups (broad SMARTS) is 2. The van der Waals surface area contributed by atoms with E-state index in [9.17, 15) is 9.59 Å². The number of hydrogen-bond donors (Lipinski definition) is 2. The van der Waals surface area contributed by atoms with Crippen LogP contribution in [0.3, 0.4) is 0 Å². The lowest BCUT2D eigenvalue weighted by atomic mass is 10.0. The van der Waals surface area contributed by atoms with Crippen LogP contribution >= 0.6 is 0 Å². The molecular formula is C16H20N2O4. The Morgan fingerprint density at radius 3 is 2.00 bits per heavy atom. The minimum absolute atomic E-state index is 0.0283. The van der Waals surface area contributed by atoms with Crippen LogP contribution in [0.2, 0.25) is 0 Å². The summed E-state index contributed by atoms with van der Waals surface area (Å²) in [6.07, 6.45) is 8.58. The van der Waals surface area contributed by atoms with Crippen LogP contribution in [-0.2, 0) is 9.59 Å². The topological polar surface area (TPSA) is 99.3 Å². The Bertz CT molecular complexity index is 606. The van der Waals surface area contributed by atoms with E-state index in [4.69, 9.17) is 10.2 Å². The van der Waals surface area contributed by atoms with Gasteiger partial charge in [0.2, 0.25) is 0 Å². The molecule has 0 aromatic heterocycles. The molecule has 0 saturated carbocycles. The van der Waals surface area contributed by atoms with E-state index in [0.717, 1.165) is 0 Å². The summed E-state index contributed by atoms with van der Waals surface area (Å²) in [4.78, 5) is 30.0. The standard InChI is InChI=1S/C16H20N2O4/c1-5-6-12(15(19)20)10-14(18-4)11(2)9-13(16(21)22)7-8-17-3/h5-10H,1-4H3,(H,19,20)(H,21,22)/b6-5-,11-9+,12-10+,13-7+,17-8+,18-14-. The van der Waals surface area contributed by atoms with Gasteiger partial charge in [0.15, 0.2) is 0 Å². The molecule has 0 rings (SSSR count). The summed E-state index contributed by atoms with van der Waals surface area (Å²) in [6.45, 7) is 3.37. The fourth-order valence-electron chi connectivity index (χ4n) is 1.51. The monoisotopic (exact) mass is 304 g/mol. The Morgan fingerprint density at radius 2 is 1.59 bits per heavy atom. The summed E-state index contributed by atoms with van der Waals surface area (Å²) >= 11 is 0. The second-order valence-electron chi connectivity index (χ2n) is 4.18. The van der Waals surface area contributed by atoms with Crippen molar-refractivity contribution < 1.29 is 19.8 Å². The maximum absolute atomic E-state index is 11.1. The van der Waals surface area contributed by atoms with Gasteiger partial charge in [-0.2, -0.15) is 0 Å². The summed E-state index contributed by atoms with van der Waals surface area (Å²) in [6, 6.07) is 0. The van der Waals surface area contributed by atoms with Gasteiger partial charge < -0.3 is 10.2 Å². The SMILES string of the molecule is C\C=C/C(=C\C(=N\C)C(\C)=C\C(=C/C=N/C)C(=O)O)C(=O)O. The van der Waals surface area contributed by atoms with Gasteiger partial charge in [-0.05, 0) is 37.6 Å². The zero-order chi connectivity index (χ0) is 17.1. The normalized spacial score (nSPS) is 14.9. The van der Waals surface area contributed by atoms with Crippen LogP contribution in [0.4, 0.5) is 0 Å². The molecule has 0 aliphatic rings. The van der Waals surface area contributed by atoms with E-state index >= 15 is 0 Å². The minimum atomic E-state index is -1.11. The van der Waals surface area contributed by atoms with Crippen LogP contribution in [-0.4, -0.2) is 48.2 Å². The van der Waals surface area contributed by atoms with Crippen LogP contribution < -0.4 is 0 Å². The van der Waals surface area contributed by atoms with Crippen molar-refractivity contribution in [2.45, 2.75) is 13.8 Å². The van der Waals surface area contributed by atoms with Gasteiger partial charge in [-0.3, -0.25) is 9.98 Å². The van der Waals surface area contributed by atoms with Crippen molar-refractivity contribution in [1.82, 2.24) is 0 Å². The first-order chi connectivity index (χ1) is 10.4. The Balaban J connectivity index is 5.76. The van der Waals surface area contributed by atoms with Crippen molar-refractivity contribution >= 4 is 23.9 Å². The second kappa shape index (κ2) is 10.0. The van der Waals surface area contributed by atoms with Crippen molar-refractivity contribution in [1.29, 1.82) is 0 Å². The molecule has 0 spiro atoms. The predicted molar refractivity (Wildman–Crippen MR) is 87.8 cm³/mol. The zero-order valence-electron chi connectivity index (χ0n) is 13.1. The molecule has 0 fully saturated rings. The third kappa shape index (κ3) is 6.60. The van der Waals surface area contributed by atoms with E-state index in [1.165, 1.54) is 44.6 Å². The third-order valence-electron chi connectivity index (χ3n) is 2.55. The zero-order valence-corrected chi connectivity index (χ0v) is 13.1. The number of rotatable bonds is 7. The third-order valence-corrected chi connectivity index (χ3v) is 2.55. The van der Waals surface area contributed by atoms with Gasteiger partial charge in [-0.25, -0.2) is 9.59 Å². The highest BCUT2D eigenvalue weighted by Crippen LogP contribution is 2.09. The number of carboxylic acids is 2. The summed E-state index contributed by atoms with van der Waals surface area (Å²) in [5.41, 5.74) is 1.01. The Labute approximate surface area is 129 Å². The lowest BCUT2D eigenvalue weighted by Crippen LogP contribution is -2.06. The molecule has 0 aliphatic heterocycles. The molecule has 0 amide bonds. The summed E-state index contributed by atoms with van der Waals surface area (Å²) < 4.78 is 0. The number of aliphatic imine (C=N–C) groups is 2. The summed E-state index contributed by atoms with van der Waals surface area (Å²) in [5.74, 6) is -2.19. The molecule has 0 heterocycles. The van der Waals surface area contributed by atoms with Crippen molar-refractivity contribution in [3.8, 4) is 0 Å². The summed E-state index contributed by atoms with van der Waals surface area (Å²) in [5, 5.41) is 18.2. The van der Waals surface area contributed by atoms with Gasteiger partial charge in [0, 0.05) is 20.3 Å². The lowest BCUT2D eigenvalue weighted by molar-refractivity contribution is -0.133. The van der Waals surface area contributed by atoms with E-state index in [-0.39, 0.29) is 11.1 Å². The van der Waals surface area contributed by atoms with Crippen LogP contribution in [0.25, 0.3) is 0 Å². The van der Waals surface area contributed by atoms with Gasteiger partial charge in [0.1, 0.15) is 0 Å². The largest absolute Gasteiger partial charge is 0.478 e. The van der Waals surface area contributed by atoms with Crippen LogP contribution in [0.5, 0.6) is 0 Å². The molecule has 0 atom stereocenters. The molecule has 0 saturated heterocycles. The molecule has 0 radical (unpaired) electrons. The Hall–Kier alpha value is -2.76. The molecule has 2 N–H and O–H groups in total. The van der Waals surface area contributed by atoms with E-state index in [1.807, 2.05) is 0 Å². The Kier molecular flexibility index (Phi) is 8.78. The maximum atomic E-state index is 11.1. The number of nitrogens with zero attached hydrogens (tertiary/aromatic N) is 2. The smallest absolute Gasteiger partial charge is 0.335 e. The van der Waals surface area contributed by atoms with E-state index in [0.29, 0.717) is 11.3 Å². The molecule has 0 aromatic carbocycles. The highest BCUT2D eigenvalue weighted by Gasteiger charge is 2.09. The molecule has 22 heavy (non-hydrogen) atoms. The van der Waals surface area contributed by atoms with Gasteiger partial charge in [0.25, 0.3) is 0 Å². The van der Waals surface area contributed by atoms with Crippen molar-refractivity contribution in [2.75, 3.05) is 14.1 Å². The molecule has 0 unspecified atom stereocenters. The molecule has 6 heteroatoms. The average Bonchev–Trinajstić information content (AvgIpc) is 2.46. The van der Waals surface area contributed by atoms with Crippen LogP contribution in [0.1, 0.15) is 13.8 Å². The van der Waals surface area contributed by atoms with Crippen molar-refractivity contribution in [3.63, 3.8) is 0 Å². The number of allylic oxidation sites excluding steroid dienone is 4. The second-order valence-corrected chi connectivity index (χ2v) is 4.18. The lowest BCUT2D eigenvalue weighted by Gasteiger charge is -2.03. The molecule has 0 aliphatic carbocycles. The first-order valence-electron chi connectivity index (χ1n) is 6.46. The molecule has 0 bridgehead atoms. The first-order valence-corrected chi connectivity index (χ1v) is 6.46. The number of carbonyl (C=O) groups is 2. The van der Waals surface area contributed by atoms with E-state index < -0.39 is 11.9 Å². The van der Waals surface area contributed by atoms with Crippen molar-refractivity contribution in [3.05, 3.63) is 47.1 Å². The molecule has 0 aromatic rings. The van der Waals surface area contributed by atoms with Crippen LogP contribution in [0, 0.1) is 0 Å². The fraction of sp³-hybridized carbons (Fsp3) is 0.250. The molecular weight excluding hydrogens is 284 g/mol. The van der Waals surface area contributed by atoms with Gasteiger partial charge >= 0.3 is 11.9 Å². The molecule has 118 valence electrons. The van der Waals surface area contributed by atoms with Gasteiger partial charge in [-0.1, -0.05) is 12.2 Å². The maximum Gasteiger partial charge on any atom is 0.335 e. The highest BCUT2D eigenvalue weighted by atomic mass is 16.4. The Morgan fingerprint density at radius 1 is 1.00 bits per heavy atom. The predicted octanol–water partition coefficient (Wildman–Crippen LogP) is 2.30. The minimum Gasteiger partial charge on any atom is -0.478 e. The van der Waals surface area contributed by atoms with E-state index in [2.05, 4.69) is 9.98 Å². The van der Waals surface area contributed by atoms with Crippen molar-refractivity contribution in [2.24, 2.45) is 9.98 Å². The summed E-state index contributed by atoms with van der Waals surface area (Å²) in [7, 11) is 3.04. The first kappa shape index (κ1) is 19.2. The fourth-order valence-corrected chi connectivity index (χ4v) is 1.51. The number of hydrogen-bond acceptors (Lipinski definition) is 4. The molecule has 6 nitrogen and oxygen atoms in total. The van der Waals surface area contributed by atoms with Gasteiger partial charge in [-0.15, -0.1) is 0 Å². The number of aliphatic carboxylic acids is 2. The van der Waals surface area contributed by atoms with Gasteiger partial charge in [0.05, 0.1) is 16.9 Å². The average molecular weight is 304 g/mol. The van der Waals surface area contributed by atoms with Crippen LogP contribution in [0.15, 0.2) is 57.1 Å². The quantitative estimate of drug-likeness (QED) is 0.428. The highest BCUT2D eigenvalue weighted by molar-refractivity contribution is 6.13. The van der Waals surface area contributed by atoms with E-state index in [1.54, 1.807) is 19.9 Å².